The standard InChI is InChI=1S/C28H28O3/c1-2-3-4-7-18-30-27-17-14-23-19-25(11-10-24(23)20-27)28(29)31-26-15-12-22(13-16-26)21-8-5-6-9-21/h5-6,8-17,19-21H,2-4,7,18H2,1H3. The molecule has 1 aliphatic rings. The lowest BCUT2D eigenvalue weighted by Gasteiger charge is -2.10. The summed E-state index contributed by atoms with van der Waals surface area (Å²) in [6, 6.07) is 19.3. The molecule has 3 heteroatoms. The van der Waals surface area contributed by atoms with Crippen LogP contribution in [0.15, 0.2) is 85.0 Å². The average Bonchev–Trinajstić information content (AvgIpc) is 3.34. The van der Waals surface area contributed by atoms with Gasteiger partial charge in [0.1, 0.15) is 11.5 Å². The van der Waals surface area contributed by atoms with E-state index in [4.69, 9.17) is 9.47 Å². The van der Waals surface area contributed by atoms with Gasteiger partial charge in [0.2, 0.25) is 0 Å². The van der Waals surface area contributed by atoms with E-state index in [-0.39, 0.29) is 5.97 Å². The number of benzene rings is 3. The van der Waals surface area contributed by atoms with Crippen LogP contribution in [0.3, 0.4) is 0 Å². The lowest BCUT2D eigenvalue weighted by atomic mass is 10.0. The number of fused-ring (bicyclic) bond motifs is 1. The molecule has 0 bridgehead atoms. The second-order valence-electron chi connectivity index (χ2n) is 7.89. The summed E-state index contributed by atoms with van der Waals surface area (Å²) in [6.07, 6.45) is 13.1. The lowest BCUT2D eigenvalue weighted by molar-refractivity contribution is 0.0735. The minimum atomic E-state index is -0.355. The molecule has 4 rings (SSSR count). The van der Waals surface area contributed by atoms with Gasteiger partial charge >= 0.3 is 5.97 Å². The van der Waals surface area contributed by atoms with E-state index in [2.05, 4.69) is 19.1 Å². The van der Waals surface area contributed by atoms with Gasteiger partial charge in [0.25, 0.3) is 0 Å². The highest BCUT2D eigenvalue weighted by molar-refractivity contribution is 5.96. The molecule has 0 radical (unpaired) electrons. The average molecular weight is 413 g/mol. The monoisotopic (exact) mass is 412 g/mol. The molecule has 0 heterocycles. The Morgan fingerprint density at radius 1 is 0.806 bits per heavy atom. The summed E-state index contributed by atoms with van der Waals surface area (Å²) in [6.45, 7) is 2.94. The van der Waals surface area contributed by atoms with Gasteiger partial charge in [-0.3, -0.25) is 0 Å². The van der Waals surface area contributed by atoms with E-state index in [1.807, 2.05) is 66.7 Å². The molecule has 3 nitrogen and oxygen atoms in total. The van der Waals surface area contributed by atoms with Crippen LogP contribution in [-0.2, 0) is 0 Å². The molecule has 0 amide bonds. The molecule has 0 spiro atoms. The van der Waals surface area contributed by atoms with E-state index in [9.17, 15) is 4.79 Å². The van der Waals surface area contributed by atoms with Crippen molar-refractivity contribution in [2.75, 3.05) is 6.61 Å². The van der Waals surface area contributed by atoms with Gasteiger partial charge in [-0.2, -0.15) is 0 Å². The molecule has 0 aliphatic heterocycles. The van der Waals surface area contributed by atoms with Crippen LogP contribution in [0, 0.1) is 0 Å². The Labute approximate surface area is 184 Å². The maximum atomic E-state index is 12.6. The van der Waals surface area contributed by atoms with Crippen molar-refractivity contribution in [3.63, 3.8) is 0 Å². The summed E-state index contributed by atoms with van der Waals surface area (Å²) >= 11 is 0. The fourth-order valence-corrected chi connectivity index (χ4v) is 3.74. The number of rotatable bonds is 9. The number of allylic oxidation sites excluding steroid dienone is 4. The van der Waals surface area contributed by atoms with Crippen LogP contribution in [0.4, 0.5) is 0 Å². The van der Waals surface area contributed by atoms with Crippen molar-refractivity contribution in [2.45, 2.75) is 38.5 Å². The summed E-state index contributed by atoms with van der Waals surface area (Å²) in [5.41, 5.74) is 1.71. The molecule has 3 aromatic carbocycles. The second kappa shape index (κ2) is 10.1. The zero-order valence-electron chi connectivity index (χ0n) is 17.9. The first kappa shape index (κ1) is 20.9. The molecule has 158 valence electrons. The topological polar surface area (TPSA) is 35.5 Å². The van der Waals surface area contributed by atoms with Crippen molar-refractivity contribution >= 4 is 16.7 Å². The van der Waals surface area contributed by atoms with Crippen molar-refractivity contribution < 1.29 is 14.3 Å². The molecule has 0 aromatic heterocycles. The number of carbonyl (C=O) groups excluding carboxylic acids is 1. The number of carbonyl (C=O) groups is 1. The highest BCUT2D eigenvalue weighted by Crippen LogP contribution is 2.26. The summed E-state index contributed by atoms with van der Waals surface area (Å²) in [5.74, 6) is 1.36. The highest BCUT2D eigenvalue weighted by atomic mass is 16.5. The van der Waals surface area contributed by atoms with Crippen LogP contribution < -0.4 is 9.47 Å². The Kier molecular flexibility index (Phi) is 6.83. The molecule has 0 saturated heterocycles. The predicted molar refractivity (Wildman–Crippen MR) is 126 cm³/mol. The van der Waals surface area contributed by atoms with Gasteiger partial charge in [-0.1, -0.05) is 74.8 Å². The summed E-state index contributed by atoms with van der Waals surface area (Å²) in [7, 11) is 0. The lowest BCUT2D eigenvalue weighted by Crippen LogP contribution is -2.08. The fourth-order valence-electron chi connectivity index (χ4n) is 3.74. The van der Waals surface area contributed by atoms with Crippen molar-refractivity contribution in [3.8, 4) is 11.5 Å². The van der Waals surface area contributed by atoms with E-state index in [1.54, 1.807) is 6.07 Å². The first-order valence-electron chi connectivity index (χ1n) is 11.1. The third-order valence-electron chi connectivity index (χ3n) is 5.54. The number of esters is 1. The largest absolute Gasteiger partial charge is 0.494 e. The number of ether oxygens (including phenoxy) is 2. The van der Waals surface area contributed by atoms with Crippen molar-refractivity contribution in [1.29, 1.82) is 0 Å². The van der Waals surface area contributed by atoms with Crippen molar-refractivity contribution in [2.24, 2.45) is 0 Å². The maximum absolute atomic E-state index is 12.6. The van der Waals surface area contributed by atoms with Crippen LogP contribution in [0.2, 0.25) is 0 Å². The maximum Gasteiger partial charge on any atom is 0.343 e. The highest BCUT2D eigenvalue weighted by Gasteiger charge is 2.11. The van der Waals surface area contributed by atoms with Crippen molar-refractivity contribution in [3.05, 3.63) is 96.1 Å². The normalized spacial score (nSPS) is 13.1. The molecular formula is C28H28O3. The Hall–Kier alpha value is -3.33. The Morgan fingerprint density at radius 3 is 2.29 bits per heavy atom. The SMILES string of the molecule is CCCCCCOc1ccc2cc(C(=O)Oc3ccc(C4C=CC=C4)cc3)ccc2c1. The van der Waals surface area contributed by atoms with Gasteiger partial charge in [-0.25, -0.2) is 4.79 Å². The molecule has 1 aliphatic carbocycles. The van der Waals surface area contributed by atoms with Gasteiger partial charge in [0, 0.05) is 5.92 Å². The quantitative estimate of drug-likeness (QED) is 0.211. The van der Waals surface area contributed by atoms with E-state index < -0.39 is 0 Å². The fraction of sp³-hybridized carbons (Fsp3) is 0.250. The predicted octanol–water partition coefficient (Wildman–Crippen LogP) is 7.23. The van der Waals surface area contributed by atoms with Crippen LogP contribution in [-0.4, -0.2) is 12.6 Å². The number of hydrogen-bond acceptors (Lipinski definition) is 3. The molecule has 0 atom stereocenters. The van der Waals surface area contributed by atoms with Crippen LogP contribution >= 0.6 is 0 Å². The Morgan fingerprint density at radius 2 is 1.52 bits per heavy atom. The number of hydrogen-bond donors (Lipinski definition) is 0. The molecule has 31 heavy (non-hydrogen) atoms. The first-order valence-corrected chi connectivity index (χ1v) is 11.1. The zero-order valence-corrected chi connectivity index (χ0v) is 17.9. The van der Waals surface area contributed by atoms with Crippen LogP contribution in [0.25, 0.3) is 10.8 Å². The molecular weight excluding hydrogens is 384 g/mol. The molecule has 0 saturated carbocycles. The molecule has 0 N–H and O–H groups in total. The van der Waals surface area contributed by atoms with Gasteiger partial charge in [0.05, 0.1) is 12.2 Å². The van der Waals surface area contributed by atoms with Crippen LogP contribution in [0.1, 0.15) is 54.4 Å². The van der Waals surface area contributed by atoms with E-state index >= 15 is 0 Å². The minimum Gasteiger partial charge on any atom is -0.494 e. The summed E-state index contributed by atoms with van der Waals surface area (Å²) < 4.78 is 11.4. The second-order valence-corrected chi connectivity index (χ2v) is 7.89. The summed E-state index contributed by atoms with van der Waals surface area (Å²) in [4.78, 5) is 12.6. The van der Waals surface area contributed by atoms with Gasteiger partial charge in [-0.05, 0) is 59.2 Å². The van der Waals surface area contributed by atoms with E-state index in [0.717, 1.165) is 29.5 Å². The van der Waals surface area contributed by atoms with E-state index in [0.29, 0.717) is 17.2 Å². The number of unbranched alkanes of at least 4 members (excludes halogenated alkanes) is 3. The van der Waals surface area contributed by atoms with Crippen LogP contribution in [0.5, 0.6) is 11.5 Å². The Balaban J connectivity index is 1.38. The summed E-state index contributed by atoms with van der Waals surface area (Å²) in [5, 5.41) is 2.03. The van der Waals surface area contributed by atoms with Gasteiger partial charge in [-0.15, -0.1) is 0 Å². The third-order valence-corrected chi connectivity index (χ3v) is 5.54. The molecule has 0 fully saturated rings. The zero-order chi connectivity index (χ0) is 21.5. The van der Waals surface area contributed by atoms with Gasteiger partial charge < -0.3 is 9.47 Å². The third kappa shape index (κ3) is 5.43. The smallest absolute Gasteiger partial charge is 0.343 e. The van der Waals surface area contributed by atoms with Crippen molar-refractivity contribution in [1.82, 2.24) is 0 Å². The minimum absolute atomic E-state index is 0.301. The Bertz CT molecular complexity index is 1080. The van der Waals surface area contributed by atoms with Gasteiger partial charge in [0.15, 0.2) is 0 Å². The first-order chi connectivity index (χ1) is 15.2. The van der Waals surface area contributed by atoms with E-state index in [1.165, 1.54) is 24.8 Å². The molecule has 0 unspecified atom stereocenters. The molecule has 3 aromatic rings.